The lowest BCUT2D eigenvalue weighted by molar-refractivity contribution is 0.101. The van der Waals surface area contributed by atoms with Gasteiger partial charge in [0.2, 0.25) is 0 Å². The van der Waals surface area contributed by atoms with Crippen molar-refractivity contribution in [3.05, 3.63) is 119 Å². The molecule has 0 radical (unpaired) electrons. The van der Waals surface area contributed by atoms with E-state index in [9.17, 15) is 13.2 Å². The summed E-state index contributed by atoms with van der Waals surface area (Å²) < 4.78 is 34.6. The molecule has 2 atom stereocenters. The Bertz CT molecular complexity index is 1230. The van der Waals surface area contributed by atoms with Crippen LogP contribution in [0.1, 0.15) is 30.5 Å². The number of ether oxygens (including phenoxy) is 1. The van der Waals surface area contributed by atoms with Crippen molar-refractivity contribution < 1.29 is 22.1 Å². The molecule has 1 amide bonds. The molecule has 0 bridgehead atoms. The zero-order valence-corrected chi connectivity index (χ0v) is 21.3. The lowest BCUT2D eigenvalue weighted by Crippen LogP contribution is -2.38. The molecular weight excluding hydrogens is 506 g/mol. The van der Waals surface area contributed by atoms with Crippen LogP contribution in [-0.4, -0.2) is 50.5 Å². The Morgan fingerprint density at radius 2 is 1.35 bits per heavy atom. The van der Waals surface area contributed by atoms with Crippen LogP contribution in [-0.2, 0) is 23.8 Å². The number of amides is 1. The van der Waals surface area contributed by atoms with Crippen molar-refractivity contribution in [1.82, 2.24) is 4.90 Å². The average molecular weight is 538 g/mol. The first-order valence-corrected chi connectivity index (χ1v) is 14.0. The van der Waals surface area contributed by atoms with Gasteiger partial charge in [0.05, 0.1) is 17.4 Å². The Hall–Kier alpha value is -3.07. The minimum atomic E-state index is -3.99. The molecule has 0 saturated carbocycles. The SMILES string of the molecule is C.C=C1COC(=O)N2C[C@@H](SC(c3ccccc3)(c3ccccc3)c3ccccc3)C[C@H]2COS1(=O)=O. The van der Waals surface area contributed by atoms with Gasteiger partial charge in [-0.2, -0.15) is 8.42 Å². The van der Waals surface area contributed by atoms with Gasteiger partial charge in [0.1, 0.15) is 11.5 Å². The molecule has 0 spiro atoms. The molecule has 2 aliphatic heterocycles. The van der Waals surface area contributed by atoms with Crippen molar-refractivity contribution in [2.24, 2.45) is 0 Å². The van der Waals surface area contributed by atoms with Gasteiger partial charge < -0.3 is 9.64 Å². The van der Waals surface area contributed by atoms with Crippen LogP contribution >= 0.6 is 11.8 Å². The molecule has 8 heteroatoms. The summed E-state index contributed by atoms with van der Waals surface area (Å²) in [6.45, 7) is 3.37. The second kappa shape index (κ2) is 11.1. The molecule has 6 nitrogen and oxygen atoms in total. The van der Waals surface area contributed by atoms with E-state index in [1.807, 2.05) is 54.6 Å². The fraction of sp³-hybridized carbons (Fsp3) is 0.276. The molecule has 0 N–H and O–H groups in total. The van der Waals surface area contributed by atoms with Gasteiger partial charge in [-0.05, 0) is 23.1 Å². The second-order valence-electron chi connectivity index (χ2n) is 8.89. The largest absolute Gasteiger partial charge is 0.444 e. The Kier molecular flexibility index (Phi) is 8.11. The van der Waals surface area contributed by atoms with Crippen molar-refractivity contribution in [3.8, 4) is 0 Å². The highest BCUT2D eigenvalue weighted by Gasteiger charge is 2.45. The summed E-state index contributed by atoms with van der Waals surface area (Å²) >= 11 is 1.77. The van der Waals surface area contributed by atoms with E-state index in [1.54, 1.807) is 16.7 Å². The van der Waals surface area contributed by atoms with Crippen LogP contribution in [0.2, 0.25) is 0 Å². The normalized spacial score (nSPS) is 21.6. The van der Waals surface area contributed by atoms with Crippen LogP contribution < -0.4 is 0 Å². The summed E-state index contributed by atoms with van der Waals surface area (Å²) in [5, 5.41) is -0.00268. The number of thioether (sulfide) groups is 1. The van der Waals surface area contributed by atoms with Gasteiger partial charge in [0, 0.05) is 11.8 Å². The zero-order chi connectivity index (χ0) is 25.2. The van der Waals surface area contributed by atoms with Crippen molar-refractivity contribution in [2.45, 2.75) is 29.9 Å². The van der Waals surface area contributed by atoms with E-state index in [1.165, 1.54) is 0 Å². The molecule has 2 saturated heterocycles. The van der Waals surface area contributed by atoms with Gasteiger partial charge in [-0.3, -0.25) is 4.18 Å². The molecule has 194 valence electrons. The Morgan fingerprint density at radius 3 is 1.84 bits per heavy atom. The molecule has 37 heavy (non-hydrogen) atoms. The minimum absolute atomic E-state index is 0. The quantitative estimate of drug-likeness (QED) is 0.303. The van der Waals surface area contributed by atoms with Crippen LogP contribution in [0.3, 0.4) is 0 Å². The van der Waals surface area contributed by atoms with E-state index in [-0.39, 0.29) is 24.2 Å². The van der Waals surface area contributed by atoms with Gasteiger partial charge in [0.15, 0.2) is 0 Å². The van der Waals surface area contributed by atoms with Gasteiger partial charge in [-0.25, -0.2) is 4.79 Å². The maximum absolute atomic E-state index is 12.9. The third kappa shape index (κ3) is 5.32. The molecule has 0 aromatic heterocycles. The maximum Gasteiger partial charge on any atom is 0.410 e. The van der Waals surface area contributed by atoms with E-state index < -0.39 is 33.6 Å². The highest BCUT2D eigenvalue weighted by Crippen LogP contribution is 2.52. The van der Waals surface area contributed by atoms with Crippen LogP contribution in [0.4, 0.5) is 4.79 Å². The van der Waals surface area contributed by atoms with E-state index in [0.29, 0.717) is 13.0 Å². The topological polar surface area (TPSA) is 72.9 Å². The number of cyclic esters (lactones) is 1. The lowest BCUT2D eigenvalue weighted by Gasteiger charge is -2.37. The molecule has 3 aromatic carbocycles. The first-order valence-electron chi connectivity index (χ1n) is 11.7. The van der Waals surface area contributed by atoms with E-state index in [2.05, 4.69) is 43.0 Å². The standard InChI is InChI=1S/C28H27NO5S2.CH4/c1-21-19-33-27(30)29-18-26(17-25(29)20-34-36(21,31)32)35-28(22-11-5-2-6-12-22,23-13-7-3-8-14-23)24-15-9-4-10-16-24;/h2-16,25-26H,1,17-20H2;1H4/t25-,26-;/m0./s1. The number of hydrogen-bond acceptors (Lipinski definition) is 6. The van der Waals surface area contributed by atoms with Crippen LogP contribution in [0.25, 0.3) is 0 Å². The number of carbonyl (C=O) groups excluding carboxylic acids is 1. The fourth-order valence-corrected chi connectivity index (χ4v) is 7.44. The van der Waals surface area contributed by atoms with E-state index >= 15 is 0 Å². The molecule has 0 unspecified atom stereocenters. The smallest absolute Gasteiger partial charge is 0.410 e. The number of benzene rings is 3. The average Bonchev–Trinajstić information content (AvgIpc) is 3.33. The first-order chi connectivity index (χ1) is 17.4. The molecule has 3 aromatic rings. The predicted molar refractivity (Wildman–Crippen MR) is 148 cm³/mol. The summed E-state index contributed by atoms with van der Waals surface area (Å²) in [6.07, 6.45) is 0.0189. The van der Waals surface area contributed by atoms with Crippen molar-refractivity contribution in [2.75, 3.05) is 19.8 Å². The van der Waals surface area contributed by atoms with E-state index in [0.717, 1.165) is 16.7 Å². The van der Waals surface area contributed by atoms with Crippen LogP contribution in [0, 0.1) is 0 Å². The summed E-state index contributed by atoms with van der Waals surface area (Å²) in [6, 6.07) is 30.6. The van der Waals surface area contributed by atoms with Gasteiger partial charge in [0.25, 0.3) is 10.1 Å². The van der Waals surface area contributed by atoms with Crippen LogP contribution in [0.15, 0.2) is 102 Å². The lowest BCUT2D eigenvalue weighted by atomic mass is 9.84. The van der Waals surface area contributed by atoms with Gasteiger partial charge >= 0.3 is 6.09 Å². The predicted octanol–water partition coefficient (Wildman–Crippen LogP) is 5.80. The fourth-order valence-electron chi connectivity index (χ4n) is 4.86. The molecule has 2 fully saturated rings. The number of hydrogen-bond donors (Lipinski definition) is 0. The Morgan fingerprint density at radius 1 is 0.865 bits per heavy atom. The molecule has 5 rings (SSSR count). The van der Waals surface area contributed by atoms with Crippen molar-refractivity contribution in [3.63, 3.8) is 0 Å². The van der Waals surface area contributed by atoms with Crippen LogP contribution in [0.5, 0.6) is 0 Å². The maximum atomic E-state index is 12.9. The summed E-state index contributed by atoms with van der Waals surface area (Å²) in [4.78, 5) is 14.2. The summed E-state index contributed by atoms with van der Waals surface area (Å²) in [5.41, 5.74) is 3.38. The summed E-state index contributed by atoms with van der Waals surface area (Å²) in [7, 11) is -3.99. The second-order valence-corrected chi connectivity index (χ2v) is 12.1. The third-order valence-corrected chi connectivity index (χ3v) is 9.63. The third-order valence-electron chi connectivity index (χ3n) is 6.62. The highest BCUT2D eigenvalue weighted by molar-refractivity contribution is 8.01. The Labute approximate surface area is 223 Å². The van der Waals surface area contributed by atoms with Gasteiger partial charge in [-0.15, -0.1) is 11.8 Å². The minimum Gasteiger partial charge on any atom is -0.444 e. The van der Waals surface area contributed by atoms with Gasteiger partial charge in [-0.1, -0.05) is 105 Å². The number of rotatable bonds is 5. The summed E-state index contributed by atoms with van der Waals surface area (Å²) in [5.74, 6) is 0. The van der Waals surface area contributed by atoms with Crippen molar-refractivity contribution >= 4 is 28.0 Å². The van der Waals surface area contributed by atoms with E-state index in [4.69, 9.17) is 8.92 Å². The first kappa shape index (κ1) is 27.0. The number of carbonyl (C=O) groups is 1. The van der Waals surface area contributed by atoms with Crippen molar-refractivity contribution in [1.29, 1.82) is 0 Å². The molecule has 0 aliphatic carbocycles. The number of nitrogens with zero attached hydrogens (tertiary/aromatic N) is 1. The molecule has 2 heterocycles. The zero-order valence-electron chi connectivity index (χ0n) is 19.7. The monoisotopic (exact) mass is 537 g/mol. The molecular formula is C29H31NO5S2. The highest BCUT2D eigenvalue weighted by atomic mass is 32.2. The number of fused-ring (bicyclic) bond motifs is 1. The molecule has 2 aliphatic rings. The Balaban J connectivity index is 0.00000320.